The van der Waals surface area contributed by atoms with Crippen molar-refractivity contribution in [2.75, 3.05) is 55.5 Å². The predicted octanol–water partition coefficient (Wildman–Crippen LogP) is 1.62. The van der Waals surface area contributed by atoms with Gasteiger partial charge in [-0.3, -0.25) is 19.3 Å². The van der Waals surface area contributed by atoms with Crippen molar-refractivity contribution in [1.29, 1.82) is 0 Å². The van der Waals surface area contributed by atoms with Crippen LogP contribution in [0, 0.1) is 11.8 Å². The van der Waals surface area contributed by atoms with Gasteiger partial charge in [-0.15, -0.1) is 0 Å². The van der Waals surface area contributed by atoms with E-state index in [1.165, 1.54) is 30.0 Å². The van der Waals surface area contributed by atoms with Crippen molar-refractivity contribution < 1.29 is 33.0 Å². The number of aromatic nitrogens is 4. The Hall–Kier alpha value is -4.50. The number of methoxy groups -OCH3 is 1. The Morgan fingerprint density at radius 3 is 2.60 bits per heavy atom. The molecule has 2 amide bonds. The Bertz CT molecular complexity index is 1570. The molecule has 4 atom stereocenters. The van der Waals surface area contributed by atoms with E-state index in [0.717, 1.165) is 4.90 Å². The highest BCUT2D eigenvalue weighted by Gasteiger charge is 2.71. The second-order valence-electron chi connectivity index (χ2n) is 11.0. The molecule has 3 unspecified atom stereocenters. The van der Waals surface area contributed by atoms with Gasteiger partial charge in [0.15, 0.2) is 17.3 Å². The summed E-state index contributed by atoms with van der Waals surface area (Å²) in [5.41, 5.74) is 1.27. The summed E-state index contributed by atoms with van der Waals surface area (Å²) >= 11 is 0. The van der Waals surface area contributed by atoms with Crippen molar-refractivity contribution in [2.24, 2.45) is 11.8 Å². The third-order valence-electron chi connectivity index (χ3n) is 8.21. The Morgan fingerprint density at radius 2 is 1.93 bits per heavy atom. The van der Waals surface area contributed by atoms with Crippen LogP contribution in [0.3, 0.4) is 0 Å². The predicted molar refractivity (Wildman–Crippen MR) is 150 cm³/mol. The van der Waals surface area contributed by atoms with Crippen LogP contribution in [0.25, 0.3) is 11.3 Å². The number of anilines is 3. The molecule has 0 spiro atoms. The van der Waals surface area contributed by atoms with Crippen LogP contribution >= 0.6 is 0 Å². The van der Waals surface area contributed by atoms with Crippen molar-refractivity contribution in [3.05, 3.63) is 48.5 Å². The van der Waals surface area contributed by atoms with Crippen molar-refractivity contribution in [2.45, 2.75) is 25.2 Å². The number of hydrogen-bond acceptors (Lipinski definition) is 10. The quantitative estimate of drug-likeness (QED) is 0.374. The number of piperidine rings is 1. The summed E-state index contributed by atoms with van der Waals surface area (Å²) in [5, 5.41) is 13.4. The molecular formula is C28H30F2N8O5. The van der Waals surface area contributed by atoms with Crippen molar-refractivity contribution >= 4 is 35.1 Å². The summed E-state index contributed by atoms with van der Waals surface area (Å²) in [5.74, 6) is -4.23. The summed E-state index contributed by atoms with van der Waals surface area (Å²) in [6.45, 7) is 1.55. The molecule has 2 aliphatic heterocycles. The average Bonchev–Trinajstić information content (AvgIpc) is 3.41. The van der Waals surface area contributed by atoms with Gasteiger partial charge in [0.25, 0.3) is 11.8 Å². The molecule has 1 saturated heterocycles. The largest absolute Gasteiger partial charge is 0.377 e. The zero-order valence-corrected chi connectivity index (χ0v) is 23.6. The molecule has 5 heterocycles. The lowest BCUT2D eigenvalue weighted by atomic mass is 10.2. The number of rotatable bonds is 9. The molecule has 0 aromatic carbocycles. The van der Waals surface area contributed by atoms with Gasteiger partial charge in [0.05, 0.1) is 30.4 Å². The molecule has 3 aromatic rings. The number of aliphatic hydroxyl groups excluding tert-OH is 1. The van der Waals surface area contributed by atoms with Crippen LogP contribution in [-0.4, -0.2) is 99.8 Å². The lowest BCUT2D eigenvalue weighted by molar-refractivity contribution is -0.125. The number of nitrogens with one attached hydrogen (secondary N) is 1. The number of fused-ring (bicyclic) bond motifs is 2. The number of pyridine rings is 2. The van der Waals surface area contributed by atoms with Crippen molar-refractivity contribution in [3.8, 4) is 11.3 Å². The summed E-state index contributed by atoms with van der Waals surface area (Å²) in [4.78, 5) is 56.1. The maximum absolute atomic E-state index is 13.5. The number of hydrogen-bond donors (Lipinski definition) is 2. The Morgan fingerprint density at radius 1 is 1.19 bits per heavy atom. The van der Waals surface area contributed by atoms with Gasteiger partial charge >= 0.3 is 0 Å². The van der Waals surface area contributed by atoms with Crippen LogP contribution in [0.4, 0.5) is 26.2 Å². The van der Waals surface area contributed by atoms with Crippen molar-refractivity contribution in [1.82, 2.24) is 24.4 Å². The molecular weight excluding hydrogens is 566 g/mol. The fraction of sp³-hybridized carbons (Fsp3) is 0.429. The minimum atomic E-state index is -2.56. The first-order valence-electron chi connectivity index (χ1n) is 13.7. The minimum Gasteiger partial charge on any atom is -0.377 e. The number of alkyl halides is 2. The van der Waals surface area contributed by atoms with E-state index in [-0.39, 0.29) is 43.6 Å². The van der Waals surface area contributed by atoms with E-state index in [0.29, 0.717) is 17.1 Å². The van der Waals surface area contributed by atoms with Crippen molar-refractivity contribution in [3.63, 3.8) is 0 Å². The molecule has 15 heteroatoms. The molecule has 2 fully saturated rings. The van der Waals surface area contributed by atoms with E-state index in [1.54, 1.807) is 43.5 Å². The Labute approximate surface area is 245 Å². The highest BCUT2D eigenvalue weighted by molar-refractivity contribution is 6.02. The first kappa shape index (κ1) is 28.6. The maximum Gasteiger partial charge on any atom is 0.278 e. The van der Waals surface area contributed by atoms with Gasteiger partial charge in [-0.25, -0.2) is 23.7 Å². The SMILES string of the molecule is COCC(=O)CN1C(=O)c2c(ncn2[C@@H](C)C(=O)Nc2cccc(-c3ccc(N4CC5C(C4)C5(F)F)nc3)n2)N(C)C1O. The zero-order chi connectivity index (χ0) is 30.6. The Balaban J connectivity index is 1.15. The lowest BCUT2D eigenvalue weighted by Gasteiger charge is -2.38. The molecule has 43 heavy (non-hydrogen) atoms. The summed E-state index contributed by atoms with van der Waals surface area (Å²) in [6.07, 6.45) is 1.53. The topological polar surface area (TPSA) is 146 Å². The number of Topliss-reactive ketones (excluding diaryl/α,β-unsaturated/α-hetero) is 1. The number of carbonyl (C=O) groups excluding carboxylic acids is 3. The van der Waals surface area contributed by atoms with Gasteiger partial charge in [0, 0.05) is 39.0 Å². The summed E-state index contributed by atoms with van der Waals surface area (Å²) in [7, 11) is 2.88. The van der Waals surface area contributed by atoms with E-state index >= 15 is 0 Å². The standard InChI is InChI=1S/C28H30F2N8O5/c1-15(38-14-32-24-23(38)26(41)37(27(42)35(24)2)10-17(39)13-43-3)25(40)34-21-6-4-5-20(33-21)16-7-8-22(31-9-16)36-11-18-19(12-36)28(18,29)30/h4-9,14-15,18-19,27,42H,10-13H2,1-3H3,(H,33,34,40)/t15-,18?,19?,27?/m0/s1. The van der Waals surface area contributed by atoms with Gasteiger partial charge in [0.2, 0.25) is 12.3 Å². The fourth-order valence-electron chi connectivity index (χ4n) is 5.66. The van der Waals surface area contributed by atoms with E-state index in [9.17, 15) is 28.3 Å². The van der Waals surface area contributed by atoms with Gasteiger partial charge in [0.1, 0.15) is 24.3 Å². The number of nitrogens with zero attached hydrogens (tertiary/aromatic N) is 7. The fourth-order valence-corrected chi connectivity index (χ4v) is 5.66. The van der Waals surface area contributed by atoms with Gasteiger partial charge in [-0.05, 0) is 31.2 Å². The third-order valence-corrected chi connectivity index (χ3v) is 8.21. The number of ether oxygens (including phenoxy) is 1. The number of ketones is 1. The van der Waals surface area contributed by atoms with Crippen LogP contribution in [0.2, 0.25) is 0 Å². The number of carbonyl (C=O) groups is 3. The van der Waals surface area contributed by atoms with Gasteiger partial charge in [-0.2, -0.15) is 0 Å². The highest BCUT2D eigenvalue weighted by Crippen LogP contribution is 2.59. The monoisotopic (exact) mass is 596 g/mol. The third kappa shape index (κ3) is 4.97. The molecule has 3 aliphatic rings. The minimum absolute atomic E-state index is 0.0487. The second-order valence-corrected chi connectivity index (χ2v) is 11.0. The number of aliphatic hydroxyl groups is 1. The van der Waals surface area contributed by atoms with Crippen LogP contribution < -0.4 is 15.1 Å². The van der Waals surface area contributed by atoms with Gasteiger partial charge in [-0.1, -0.05) is 6.07 Å². The molecule has 0 bridgehead atoms. The molecule has 1 aliphatic carbocycles. The molecule has 226 valence electrons. The first-order chi connectivity index (χ1) is 20.5. The van der Waals surface area contributed by atoms with Crippen LogP contribution in [0.5, 0.6) is 0 Å². The lowest BCUT2D eigenvalue weighted by Crippen LogP contribution is -2.56. The van der Waals surface area contributed by atoms with Crippen LogP contribution in [0.1, 0.15) is 23.5 Å². The van der Waals surface area contributed by atoms with Crippen LogP contribution in [0.15, 0.2) is 42.9 Å². The molecule has 0 radical (unpaired) electrons. The smallest absolute Gasteiger partial charge is 0.278 e. The number of halogens is 2. The number of imidazole rings is 1. The van der Waals surface area contributed by atoms with Gasteiger partial charge < -0.3 is 29.5 Å². The van der Waals surface area contributed by atoms with Crippen LogP contribution in [-0.2, 0) is 14.3 Å². The summed E-state index contributed by atoms with van der Waals surface area (Å²) in [6, 6.07) is 7.76. The first-order valence-corrected chi connectivity index (χ1v) is 13.7. The molecule has 1 saturated carbocycles. The van der Waals surface area contributed by atoms with E-state index in [4.69, 9.17) is 4.74 Å². The average molecular weight is 597 g/mol. The number of amides is 2. The highest BCUT2D eigenvalue weighted by atomic mass is 19.3. The molecule has 6 rings (SSSR count). The van der Waals surface area contributed by atoms with E-state index < -0.39 is 47.7 Å². The molecule has 2 N–H and O–H groups in total. The normalized spacial score (nSPS) is 22.7. The second kappa shape index (κ2) is 10.6. The van der Waals surface area contributed by atoms with E-state index in [2.05, 4.69) is 20.3 Å². The van der Waals surface area contributed by atoms with E-state index in [1.807, 2.05) is 4.90 Å². The molecule has 3 aromatic heterocycles. The molecule has 13 nitrogen and oxygen atoms in total. The Kier molecular flexibility index (Phi) is 7.08. The maximum atomic E-state index is 13.5. The zero-order valence-electron chi connectivity index (χ0n) is 23.6. The summed E-state index contributed by atoms with van der Waals surface area (Å²) < 4.78 is 33.3.